The van der Waals surface area contributed by atoms with Crippen molar-refractivity contribution in [1.29, 1.82) is 0 Å². The summed E-state index contributed by atoms with van der Waals surface area (Å²) < 4.78 is 18.5. The summed E-state index contributed by atoms with van der Waals surface area (Å²) in [5.74, 6) is 1.82. The lowest BCUT2D eigenvalue weighted by Crippen LogP contribution is -2.40. The van der Waals surface area contributed by atoms with Crippen molar-refractivity contribution in [3.63, 3.8) is 0 Å². The first-order valence-corrected chi connectivity index (χ1v) is 13.9. The Morgan fingerprint density at radius 1 is 1.24 bits per heavy atom. The van der Waals surface area contributed by atoms with Crippen molar-refractivity contribution in [3.8, 4) is 28.5 Å². The number of likely N-dealkylation sites (N-methyl/N-ethyl adjacent to an activating group) is 1. The summed E-state index contributed by atoms with van der Waals surface area (Å²) in [6, 6.07) is 7.67. The molecule has 1 fully saturated rings. The first-order chi connectivity index (χ1) is 19.4. The predicted molar refractivity (Wildman–Crippen MR) is 155 cm³/mol. The number of aliphatic hydroxyl groups is 1. The Bertz CT molecular complexity index is 1330. The van der Waals surface area contributed by atoms with Crippen LogP contribution in [0.1, 0.15) is 44.9 Å². The summed E-state index contributed by atoms with van der Waals surface area (Å²) in [5.41, 5.74) is 3.41. The first-order valence-electron chi connectivity index (χ1n) is 13.9. The van der Waals surface area contributed by atoms with Crippen LogP contribution in [0.4, 0.5) is 10.6 Å². The second-order valence-corrected chi connectivity index (χ2v) is 11.4. The van der Waals surface area contributed by atoms with Crippen LogP contribution in [-0.2, 0) is 16.5 Å². The number of rotatable bonds is 9. The largest absolute Gasteiger partial charge is 0.491 e. The maximum absolute atomic E-state index is 12.2. The fourth-order valence-corrected chi connectivity index (χ4v) is 4.54. The molecule has 2 N–H and O–H groups in total. The van der Waals surface area contributed by atoms with Gasteiger partial charge in [-0.15, -0.1) is 5.10 Å². The highest BCUT2D eigenvalue weighted by molar-refractivity contribution is 5.72. The van der Waals surface area contributed by atoms with Gasteiger partial charge >= 0.3 is 6.09 Å². The molecule has 2 aromatic heterocycles. The zero-order chi connectivity index (χ0) is 29.7. The van der Waals surface area contributed by atoms with E-state index in [4.69, 9.17) is 24.2 Å². The number of hydrogen-bond donors (Lipinski definition) is 2. The number of aryl methyl sites for hydroxylation is 2. The third-order valence-electron chi connectivity index (χ3n) is 6.65. The normalized spacial score (nSPS) is 14.9. The van der Waals surface area contributed by atoms with Gasteiger partial charge in [-0.2, -0.15) is 0 Å². The highest BCUT2D eigenvalue weighted by atomic mass is 16.6. The van der Waals surface area contributed by atoms with E-state index < -0.39 is 17.8 Å². The number of ether oxygens (including phenoxy) is 3. The number of nitrogens with one attached hydrogen (secondary N) is 1. The summed E-state index contributed by atoms with van der Waals surface area (Å²) in [5, 5.41) is 22.5. The molecule has 1 saturated heterocycles. The topological polar surface area (TPSA) is 137 Å². The smallest absolute Gasteiger partial charge is 0.410 e. The number of carbonyl (C=O) groups excluding carboxylic acids is 1. The monoisotopic (exact) mass is 567 g/mol. The lowest BCUT2D eigenvalue weighted by atomic mass is 10.1. The van der Waals surface area contributed by atoms with E-state index >= 15 is 0 Å². The quantitative estimate of drug-likeness (QED) is 0.393. The Balaban J connectivity index is 1.55. The van der Waals surface area contributed by atoms with Gasteiger partial charge in [0.25, 0.3) is 0 Å². The Morgan fingerprint density at radius 2 is 1.98 bits per heavy atom. The van der Waals surface area contributed by atoms with Crippen molar-refractivity contribution in [1.82, 2.24) is 29.9 Å². The van der Waals surface area contributed by atoms with Gasteiger partial charge < -0.3 is 29.5 Å². The molecule has 0 aliphatic carbocycles. The lowest BCUT2D eigenvalue weighted by molar-refractivity contribution is 0.0154. The minimum Gasteiger partial charge on any atom is -0.491 e. The molecule has 222 valence electrons. The van der Waals surface area contributed by atoms with Gasteiger partial charge in [-0.1, -0.05) is 17.3 Å². The van der Waals surface area contributed by atoms with E-state index in [0.717, 1.165) is 46.9 Å². The summed E-state index contributed by atoms with van der Waals surface area (Å²) >= 11 is 0. The van der Waals surface area contributed by atoms with Gasteiger partial charge in [-0.25, -0.2) is 19.4 Å². The number of nitrogens with zero attached hydrogens (tertiary/aromatic N) is 6. The molecule has 1 aliphatic heterocycles. The van der Waals surface area contributed by atoms with E-state index in [-0.39, 0.29) is 19.2 Å². The molecule has 1 atom stereocenters. The Labute approximate surface area is 241 Å². The average molecular weight is 568 g/mol. The molecule has 1 aliphatic rings. The molecule has 0 radical (unpaired) electrons. The molecule has 12 nitrogen and oxygen atoms in total. The predicted octanol–water partition coefficient (Wildman–Crippen LogP) is 3.75. The zero-order valence-corrected chi connectivity index (χ0v) is 25.0. The highest BCUT2D eigenvalue weighted by Crippen LogP contribution is 2.32. The fourth-order valence-electron chi connectivity index (χ4n) is 4.54. The van der Waals surface area contributed by atoms with E-state index in [0.29, 0.717) is 24.8 Å². The Morgan fingerprint density at radius 3 is 2.63 bits per heavy atom. The zero-order valence-electron chi connectivity index (χ0n) is 25.0. The minimum absolute atomic E-state index is 0.00691. The highest BCUT2D eigenvalue weighted by Gasteiger charge is 2.23. The van der Waals surface area contributed by atoms with Crippen LogP contribution < -0.4 is 10.1 Å². The van der Waals surface area contributed by atoms with Gasteiger partial charge in [0.2, 0.25) is 0 Å². The second kappa shape index (κ2) is 12.8. The van der Waals surface area contributed by atoms with E-state index in [2.05, 4.69) is 15.6 Å². The van der Waals surface area contributed by atoms with Crippen LogP contribution in [0.5, 0.6) is 5.75 Å². The molecule has 0 spiro atoms. The van der Waals surface area contributed by atoms with Crippen LogP contribution in [-0.4, -0.2) is 92.2 Å². The summed E-state index contributed by atoms with van der Waals surface area (Å²) in [7, 11) is 3.43. The molecule has 4 rings (SSSR count). The molecule has 1 unspecified atom stereocenters. The van der Waals surface area contributed by atoms with E-state index in [1.54, 1.807) is 38.6 Å². The first kappa shape index (κ1) is 30.2. The molecule has 0 bridgehead atoms. The maximum atomic E-state index is 12.2. The third kappa shape index (κ3) is 7.92. The number of anilines is 1. The third-order valence-corrected chi connectivity index (χ3v) is 6.65. The molecule has 3 heterocycles. The maximum Gasteiger partial charge on any atom is 0.410 e. The van der Waals surface area contributed by atoms with Crippen LogP contribution >= 0.6 is 0 Å². The summed E-state index contributed by atoms with van der Waals surface area (Å²) in [4.78, 5) is 23.4. The molecule has 1 aromatic carbocycles. The molecule has 3 aromatic rings. The van der Waals surface area contributed by atoms with Crippen molar-refractivity contribution in [2.45, 2.75) is 65.2 Å². The van der Waals surface area contributed by atoms with Gasteiger partial charge in [0.1, 0.15) is 35.6 Å². The fraction of sp³-hybridized carbons (Fsp3) is 0.552. The Hall–Kier alpha value is -3.77. The average Bonchev–Trinajstić information content (AvgIpc) is 3.25. The standard InChI is InChI=1S/C29H41N7O5/c1-18-24(25-19(2)33-34-36(25)7)31-27(32-26(18)30-21-11-13-39-14-12-21)20-9-8-10-23(15-20)40-17-22(37)16-35(6)28(38)41-29(3,4)5/h8-10,15,21-22,37H,11-14,16-17H2,1-7H3,(H,30,31,32). The Kier molecular flexibility index (Phi) is 9.44. The second-order valence-electron chi connectivity index (χ2n) is 11.4. The number of amides is 1. The summed E-state index contributed by atoms with van der Waals surface area (Å²) in [6.45, 7) is 10.8. The number of aliphatic hydroxyl groups excluding tert-OH is 1. The lowest BCUT2D eigenvalue weighted by Gasteiger charge is -2.26. The van der Waals surface area contributed by atoms with E-state index in [9.17, 15) is 9.90 Å². The van der Waals surface area contributed by atoms with E-state index in [1.165, 1.54) is 4.90 Å². The van der Waals surface area contributed by atoms with Crippen LogP contribution in [0, 0.1) is 13.8 Å². The van der Waals surface area contributed by atoms with Crippen molar-refractivity contribution in [2.75, 3.05) is 38.7 Å². The molecular formula is C29H41N7O5. The SMILES string of the molecule is Cc1nnn(C)c1-c1nc(-c2cccc(OCC(O)CN(C)C(=O)OC(C)(C)C)c2)nc(NC2CCOCC2)c1C. The minimum atomic E-state index is -0.908. The van der Waals surface area contributed by atoms with E-state index in [1.807, 2.05) is 39.1 Å². The van der Waals surface area contributed by atoms with Crippen LogP contribution in [0.2, 0.25) is 0 Å². The summed E-state index contributed by atoms with van der Waals surface area (Å²) in [6.07, 6.45) is 0.383. The van der Waals surface area contributed by atoms with Crippen molar-refractivity contribution in [3.05, 3.63) is 35.5 Å². The van der Waals surface area contributed by atoms with Gasteiger partial charge in [-0.3, -0.25) is 0 Å². The molecule has 12 heteroatoms. The van der Waals surface area contributed by atoms with Crippen molar-refractivity contribution < 1.29 is 24.1 Å². The number of aromatic nitrogens is 5. The molecule has 1 amide bonds. The molecular weight excluding hydrogens is 526 g/mol. The van der Waals surface area contributed by atoms with Crippen molar-refractivity contribution >= 4 is 11.9 Å². The van der Waals surface area contributed by atoms with Gasteiger partial charge in [0.15, 0.2) is 5.82 Å². The van der Waals surface area contributed by atoms with Gasteiger partial charge in [0.05, 0.1) is 17.9 Å². The van der Waals surface area contributed by atoms with Crippen LogP contribution in [0.3, 0.4) is 0 Å². The number of benzene rings is 1. The number of carbonyl (C=O) groups is 1. The van der Waals surface area contributed by atoms with Crippen molar-refractivity contribution in [2.24, 2.45) is 7.05 Å². The van der Waals surface area contributed by atoms with Crippen LogP contribution in [0.15, 0.2) is 24.3 Å². The van der Waals surface area contributed by atoms with Gasteiger partial charge in [0, 0.05) is 44.5 Å². The molecule has 0 saturated carbocycles. The van der Waals surface area contributed by atoms with Crippen LogP contribution in [0.25, 0.3) is 22.8 Å². The molecule has 41 heavy (non-hydrogen) atoms. The van der Waals surface area contributed by atoms with Gasteiger partial charge in [-0.05, 0) is 59.6 Å². The number of hydrogen-bond acceptors (Lipinski definition) is 10.